The summed E-state index contributed by atoms with van der Waals surface area (Å²) in [5.74, 6) is 2.29. The lowest BCUT2D eigenvalue weighted by Gasteiger charge is -2.33. The van der Waals surface area contributed by atoms with Gasteiger partial charge in [0.05, 0.1) is 19.8 Å². The minimum atomic E-state index is -0.193. The molecule has 0 aromatic rings. The van der Waals surface area contributed by atoms with Crippen molar-refractivity contribution in [3.63, 3.8) is 0 Å². The Bertz CT molecular complexity index is 588. The number of primary amides is 1. The highest BCUT2D eigenvalue weighted by Gasteiger charge is 2.22. The summed E-state index contributed by atoms with van der Waals surface area (Å²) in [5.41, 5.74) is 5.27. The molecule has 3 N–H and O–H groups in total. The van der Waals surface area contributed by atoms with Gasteiger partial charge in [0.2, 0.25) is 11.8 Å². The zero-order valence-corrected chi connectivity index (χ0v) is 23.2. The zero-order valence-electron chi connectivity index (χ0n) is 23.2. The van der Waals surface area contributed by atoms with Gasteiger partial charge in [0.1, 0.15) is 0 Å². The van der Waals surface area contributed by atoms with E-state index in [1.807, 2.05) is 0 Å². The second kappa shape index (κ2) is 18.9. The number of likely N-dealkylation sites (tertiary alicyclic amines) is 2. The number of nitrogens with two attached hydrogens (primary N) is 1. The lowest BCUT2D eigenvalue weighted by molar-refractivity contribution is -0.122. The topological polar surface area (TPSA) is 97.1 Å². The minimum absolute atomic E-state index is 0.120. The number of nitrogens with zero attached hydrogens (tertiary/aromatic N) is 2. The van der Waals surface area contributed by atoms with Crippen molar-refractivity contribution in [2.45, 2.75) is 78.1 Å². The number of rotatable bonds is 19. The molecule has 2 amide bonds. The first-order valence-corrected chi connectivity index (χ1v) is 14.6. The zero-order chi connectivity index (χ0) is 26.0. The summed E-state index contributed by atoms with van der Waals surface area (Å²) >= 11 is 0. The molecule has 2 heterocycles. The van der Waals surface area contributed by atoms with Gasteiger partial charge in [-0.3, -0.25) is 9.59 Å². The van der Waals surface area contributed by atoms with Crippen molar-refractivity contribution in [2.75, 3.05) is 72.2 Å². The minimum Gasteiger partial charge on any atom is -0.379 e. The fraction of sp³-hybridized carbons (Fsp3) is 0.929. The van der Waals surface area contributed by atoms with E-state index in [0.29, 0.717) is 45.1 Å². The molecular formula is C28H54N4O4. The molecule has 8 nitrogen and oxygen atoms in total. The lowest BCUT2D eigenvalue weighted by Crippen LogP contribution is -2.37. The van der Waals surface area contributed by atoms with Crippen LogP contribution in [0.2, 0.25) is 0 Å². The molecule has 0 aromatic carbocycles. The highest BCUT2D eigenvalue weighted by atomic mass is 16.5. The first kappa shape index (κ1) is 31.0. The highest BCUT2D eigenvalue weighted by Crippen LogP contribution is 2.27. The standard InChI is InChI=1S/C28H54N4O4/c1-24(2)12-20-35-22-23-36-21-13-30-28(34)11-19-32-16-8-26(9-17-32)5-3-4-25-6-14-31(15-7-25)18-10-27(29)33/h24-26H,3-23H2,1-2H3,(H2,29,33)(H,30,34). The first-order chi connectivity index (χ1) is 17.4. The van der Waals surface area contributed by atoms with E-state index in [9.17, 15) is 9.59 Å². The molecule has 2 rings (SSSR count). The van der Waals surface area contributed by atoms with Gasteiger partial charge in [0, 0.05) is 39.1 Å². The van der Waals surface area contributed by atoms with Gasteiger partial charge in [-0.15, -0.1) is 0 Å². The summed E-state index contributed by atoms with van der Waals surface area (Å²) < 4.78 is 11.0. The number of hydrogen-bond donors (Lipinski definition) is 2. The van der Waals surface area contributed by atoms with Crippen molar-refractivity contribution in [1.82, 2.24) is 15.1 Å². The van der Waals surface area contributed by atoms with Crippen LogP contribution in [0.5, 0.6) is 0 Å². The molecule has 0 unspecified atom stereocenters. The average Bonchev–Trinajstić information content (AvgIpc) is 2.86. The molecule has 0 aromatic heterocycles. The Kier molecular flexibility index (Phi) is 16.3. The quantitative estimate of drug-likeness (QED) is 0.259. The van der Waals surface area contributed by atoms with E-state index in [1.165, 1.54) is 44.9 Å². The van der Waals surface area contributed by atoms with Gasteiger partial charge in [0.15, 0.2) is 0 Å². The molecule has 2 saturated heterocycles. The molecule has 210 valence electrons. The second-order valence-corrected chi connectivity index (χ2v) is 11.2. The van der Waals surface area contributed by atoms with Crippen LogP contribution in [0, 0.1) is 17.8 Å². The summed E-state index contributed by atoms with van der Waals surface area (Å²) in [6.45, 7) is 13.6. The number of hydrogen-bond acceptors (Lipinski definition) is 6. The Balaban J connectivity index is 1.39. The highest BCUT2D eigenvalue weighted by molar-refractivity contribution is 5.76. The monoisotopic (exact) mass is 510 g/mol. The second-order valence-electron chi connectivity index (χ2n) is 11.2. The average molecular weight is 511 g/mol. The van der Waals surface area contributed by atoms with Crippen LogP contribution in [0.25, 0.3) is 0 Å². The molecule has 0 atom stereocenters. The fourth-order valence-corrected chi connectivity index (χ4v) is 5.21. The van der Waals surface area contributed by atoms with Crippen LogP contribution in [0.15, 0.2) is 0 Å². The SMILES string of the molecule is CC(C)CCOCCOCCNC(=O)CCN1CCC(CCCC2CCN(CCC(N)=O)CC2)CC1. The smallest absolute Gasteiger partial charge is 0.221 e. The Morgan fingerprint density at radius 3 is 1.89 bits per heavy atom. The Hall–Kier alpha value is -1.22. The molecule has 0 aliphatic carbocycles. The van der Waals surface area contributed by atoms with Crippen molar-refractivity contribution in [2.24, 2.45) is 23.5 Å². The summed E-state index contributed by atoms with van der Waals surface area (Å²) in [5, 5.41) is 2.97. The number of carbonyl (C=O) groups is 2. The van der Waals surface area contributed by atoms with E-state index in [2.05, 4.69) is 29.0 Å². The summed E-state index contributed by atoms with van der Waals surface area (Å²) in [6.07, 6.45) is 11.2. The van der Waals surface area contributed by atoms with E-state index >= 15 is 0 Å². The van der Waals surface area contributed by atoms with Crippen LogP contribution >= 0.6 is 0 Å². The third kappa shape index (κ3) is 15.1. The molecule has 0 bridgehead atoms. The third-order valence-corrected chi connectivity index (χ3v) is 7.75. The van der Waals surface area contributed by atoms with Gasteiger partial charge < -0.3 is 30.3 Å². The molecule has 8 heteroatoms. The van der Waals surface area contributed by atoms with E-state index in [-0.39, 0.29) is 11.8 Å². The maximum atomic E-state index is 12.1. The van der Waals surface area contributed by atoms with Crippen molar-refractivity contribution in [1.29, 1.82) is 0 Å². The fourth-order valence-electron chi connectivity index (χ4n) is 5.21. The van der Waals surface area contributed by atoms with Crippen LogP contribution in [0.3, 0.4) is 0 Å². The molecule has 0 saturated carbocycles. The van der Waals surface area contributed by atoms with E-state index < -0.39 is 0 Å². The molecule has 2 aliphatic rings. The van der Waals surface area contributed by atoms with Gasteiger partial charge in [0.25, 0.3) is 0 Å². The summed E-state index contributed by atoms with van der Waals surface area (Å²) in [7, 11) is 0. The Morgan fingerprint density at radius 2 is 1.36 bits per heavy atom. The largest absolute Gasteiger partial charge is 0.379 e. The Morgan fingerprint density at radius 1 is 0.833 bits per heavy atom. The van der Waals surface area contributed by atoms with Crippen LogP contribution in [0.4, 0.5) is 0 Å². The maximum absolute atomic E-state index is 12.1. The van der Waals surface area contributed by atoms with E-state index in [4.69, 9.17) is 15.2 Å². The Labute approximate surface area is 220 Å². The van der Waals surface area contributed by atoms with Crippen molar-refractivity contribution >= 4 is 11.8 Å². The number of nitrogens with one attached hydrogen (secondary N) is 1. The first-order valence-electron chi connectivity index (χ1n) is 14.6. The van der Waals surface area contributed by atoms with Gasteiger partial charge in [-0.25, -0.2) is 0 Å². The van der Waals surface area contributed by atoms with Gasteiger partial charge in [-0.1, -0.05) is 33.1 Å². The van der Waals surface area contributed by atoms with Gasteiger partial charge >= 0.3 is 0 Å². The maximum Gasteiger partial charge on any atom is 0.221 e. The summed E-state index contributed by atoms with van der Waals surface area (Å²) in [6, 6.07) is 0. The molecular weight excluding hydrogens is 456 g/mol. The molecule has 2 fully saturated rings. The molecule has 2 aliphatic heterocycles. The normalized spacial score (nSPS) is 18.6. The van der Waals surface area contributed by atoms with Crippen LogP contribution in [-0.2, 0) is 19.1 Å². The predicted molar refractivity (Wildman–Crippen MR) is 145 cm³/mol. The van der Waals surface area contributed by atoms with Crippen molar-refractivity contribution in [3.8, 4) is 0 Å². The van der Waals surface area contributed by atoms with E-state index in [0.717, 1.165) is 64.1 Å². The number of piperidine rings is 2. The molecule has 36 heavy (non-hydrogen) atoms. The summed E-state index contributed by atoms with van der Waals surface area (Å²) in [4.78, 5) is 27.9. The number of amides is 2. The van der Waals surface area contributed by atoms with Crippen LogP contribution in [-0.4, -0.2) is 93.9 Å². The number of carbonyl (C=O) groups excluding carboxylic acids is 2. The molecule has 0 spiro atoms. The van der Waals surface area contributed by atoms with Gasteiger partial charge in [-0.05, 0) is 76.0 Å². The third-order valence-electron chi connectivity index (χ3n) is 7.75. The van der Waals surface area contributed by atoms with Crippen LogP contribution < -0.4 is 11.1 Å². The van der Waals surface area contributed by atoms with E-state index in [1.54, 1.807) is 0 Å². The van der Waals surface area contributed by atoms with Gasteiger partial charge in [-0.2, -0.15) is 0 Å². The van der Waals surface area contributed by atoms with Crippen LogP contribution in [0.1, 0.15) is 78.1 Å². The van der Waals surface area contributed by atoms with Crippen molar-refractivity contribution < 1.29 is 19.1 Å². The predicted octanol–water partition coefficient (Wildman–Crippen LogP) is 3.04. The van der Waals surface area contributed by atoms with Crippen molar-refractivity contribution in [3.05, 3.63) is 0 Å². The molecule has 0 radical (unpaired) electrons. The number of ether oxygens (including phenoxy) is 2. The lowest BCUT2D eigenvalue weighted by atomic mass is 9.87.